The molecule has 1 aromatic heterocycles. The van der Waals surface area contributed by atoms with Crippen molar-refractivity contribution in [3.8, 4) is 11.5 Å². The number of halogens is 1. The molecule has 1 heterocycles. The lowest BCUT2D eigenvalue weighted by Crippen LogP contribution is -2.28. The molecule has 0 aliphatic rings. The van der Waals surface area contributed by atoms with E-state index in [1.165, 1.54) is 0 Å². The summed E-state index contributed by atoms with van der Waals surface area (Å²) in [5.41, 5.74) is 1.46. The van der Waals surface area contributed by atoms with E-state index in [2.05, 4.69) is 15.2 Å². The largest absolute Gasteiger partial charge is 0.441 e. The molecule has 0 spiro atoms. The van der Waals surface area contributed by atoms with Crippen LogP contribution in [0.3, 0.4) is 0 Å². The number of nitrogens with zero attached hydrogens (tertiary/aromatic N) is 2. The van der Waals surface area contributed by atoms with Crippen molar-refractivity contribution in [3.63, 3.8) is 0 Å². The molecular formula is C17H22ClN3O2. The van der Waals surface area contributed by atoms with Gasteiger partial charge in [-0.15, -0.1) is 0 Å². The van der Waals surface area contributed by atoms with Crippen LogP contribution in [0.4, 0.5) is 0 Å². The zero-order valence-electron chi connectivity index (χ0n) is 13.7. The monoisotopic (exact) mass is 335 g/mol. The summed E-state index contributed by atoms with van der Waals surface area (Å²) < 4.78 is 5.66. The molecule has 0 saturated heterocycles. The zero-order valence-corrected chi connectivity index (χ0v) is 14.5. The van der Waals surface area contributed by atoms with Gasteiger partial charge in [-0.25, -0.2) is 4.98 Å². The summed E-state index contributed by atoms with van der Waals surface area (Å²) in [6.45, 7) is 3.42. The third-order valence-electron chi connectivity index (χ3n) is 3.40. The lowest BCUT2D eigenvalue weighted by molar-refractivity contribution is -0.120. The molecule has 0 unspecified atom stereocenters. The van der Waals surface area contributed by atoms with Crippen LogP contribution in [-0.4, -0.2) is 43.0 Å². The molecule has 6 heteroatoms. The van der Waals surface area contributed by atoms with Gasteiger partial charge in [0.05, 0.1) is 12.1 Å². The molecule has 2 rings (SSSR count). The molecule has 1 N–H and O–H groups in total. The minimum absolute atomic E-state index is 0.0437. The second-order valence-corrected chi connectivity index (χ2v) is 6.15. The van der Waals surface area contributed by atoms with Gasteiger partial charge in [0.25, 0.3) is 0 Å². The van der Waals surface area contributed by atoms with Crippen LogP contribution in [0.1, 0.15) is 17.9 Å². The Kier molecular flexibility index (Phi) is 6.19. The molecule has 124 valence electrons. The lowest BCUT2D eigenvalue weighted by atomic mass is 10.2. The van der Waals surface area contributed by atoms with Gasteiger partial charge in [-0.1, -0.05) is 17.7 Å². The molecule has 0 radical (unpaired) electrons. The number of benzene rings is 1. The smallest absolute Gasteiger partial charge is 0.226 e. The average Bonchev–Trinajstić information content (AvgIpc) is 2.85. The molecule has 0 atom stereocenters. The van der Waals surface area contributed by atoms with Crippen molar-refractivity contribution in [3.05, 3.63) is 40.7 Å². The molecular weight excluding hydrogens is 314 g/mol. The van der Waals surface area contributed by atoms with Crippen molar-refractivity contribution in [2.45, 2.75) is 19.8 Å². The molecule has 1 amide bonds. The van der Waals surface area contributed by atoms with Crippen molar-refractivity contribution < 1.29 is 9.21 Å². The second-order valence-electron chi connectivity index (χ2n) is 5.72. The van der Waals surface area contributed by atoms with Gasteiger partial charge in [-0.2, -0.15) is 0 Å². The number of nitrogens with one attached hydrogen (secondary N) is 1. The number of carbonyl (C=O) groups is 1. The van der Waals surface area contributed by atoms with Crippen LogP contribution in [0.2, 0.25) is 5.02 Å². The Labute approximate surface area is 141 Å². The predicted molar refractivity (Wildman–Crippen MR) is 91.6 cm³/mol. The number of aromatic nitrogens is 1. The summed E-state index contributed by atoms with van der Waals surface area (Å²) in [4.78, 5) is 18.5. The first-order chi connectivity index (χ1) is 11.0. The first-order valence-corrected chi connectivity index (χ1v) is 7.97. The second kappa shape index (κ2) is 8.13. The van der Waals surface area contributed by atoms with Crippen LogP contribution in [0.15, 0.2) is 28.7 Å². The van der Waals surface area contributed by atoms with Crippen LogP contribution in [0.25, 0.3) is 11.5 Å². The van der Waals surface area contributed by atoms with Gasteiger partial charge in [-0.3, -0.25) is 4.79 Å². The van der Waals surface area contributed by atoms with Crippen LogP contribution >= 0.6 is 11.6 Å². The van der Waals surface area contributed by atoms with E-state index in [-0.39, 0.29) is 12.3 Å². The number of hydrogen-bond donors (Lipinski definition) is 1. The van der Waals surface area contributed by atoms with E-state index in [1.54, 1.807) is 12.1 Å². The zero-order chi connectivity index (χ0) is 16.8. The third kappa shape index (κ3) is 5.37. The van der Waals surface area contributed by atoms with Crippen LogP contribution < -0.4 is 5.32 Å². The maximum atomic E-state index is 12.0. The van der Waals surface area contributed by atoms with E-state index < -0.39 is 0 Å². The minimum atomic E-state index is -0.0437. The molecule has 23 heavy (non-hydrogen) atoms. The fourth-order valence-corrected chi connectivity index (χ4v) is 2.36. The maximum absolute atomic E-state index is 12.0. The minimum Gasteiger partial charge on any atom is -0.441 e. The molecule has 0 aliphatic carbocycles. The Balaban J connectivity index is 1.95. The molecule has 5 nitrogen and oxygen atoms in total. The summed E-state index contributed by atoms with van der Waals surface area (Å²) >= 11 is 5.98. The lowest BCUT2D eigenvalue weighted by Gasteiger charge is -2.09. The fraction of sp³-hybridized carbons (Fsp3) is 0.412. The highest BCUT2D eigenvalue weighted by molar-refractivity contribution is 6.30. The van der Waals surface area contributed by atoms with Gasteiger partial charge in [0.15, 0.2) is 0 Å². The van der Waals surface area contributed by atoms with Crippen molar-refractivity contribution >= 4 is 17.5 Å². The topological polar surface area (TPSA) is 58.4 Å². The van der Waals surface area contributed by atoms with E-state index in [0.717, 1.165) is 18.5 Å². The molecule has 0 fully saturated rings. The van der Waals surface area contributed by atoms with Crippen LogP contribution in [0, 0.1) is 6.92 Å². The van der Waals surface area contributed by atoms with Gasteiger partial charge < -0.3 is 14.6 Å². The Hall–Kier alpha value is -1.85. The normalized spacial score (nSPS) is 11.0. The van der Waals surface area contributed by atoms with Gasteiger partial charge >= 0.3 is 0 Å². The number of amides is 1. The van der Waals surface area contributed by atoms with Gasteiger partial charge in [0, 0.05) is 17.1 Å². The average molecular weight is 336 g/mol. The summed E-state index contributed by atoms with van der Waals surface area (Å²) in [5.74, 6) is 1.10. The molecule has 0 saturated carbocycles. The van der Waals surface area contributed by atoms with Gasteiger partial charge in [0.2, 0.25) is 11.8 Å². The van der Waals surface area contributed by atoms with Gasteiger partial charge in [0.1, 0.15) is 5.76 Å². The summed E-state index contributed by atoms with van der Waals surface area (Å²) in [7, 11) is 4.02. The summed E-state index contributed by atoms with van der Waals surface area (Å²) in [5, 5.41) is 3.53. The van der Waals surface area contributed by atoms with E-state index in [1.807, 2.05) is 33.2 Å². The van der Waals surface area contributed by atoms with Crippen molar-refractivity contribution in [1.82, 2.24) is 15.2 Å². The van der Waals surface area contributed by atoms with Crippen molar-refractivity contribution in [2.24, 2.45) is 0 Å². The Morgan fingerprint density at radius 3 is 2.87 bits per heavy atom. The molecule has 0 aliphatic heterocycles. The molecule has 1 aromatic carbocycles. The fourth-order valence-electron chi connectivity index (χ4n) is 2.17. The Morgan fingerprint density at radius 2 is 2.17 bits per heavy atom. The Morgan fingerprint density at radius 1 is 1.39 bits per heavy atom. The van der Waals surface area contributed by atoms with Crippen LogP contribution in [0.5, 0.6) is 0 Å². The maximum Gasteiger partial charge on any atom is 0.226 e. The first kappa shape index (κ1) is 17.5. The number of aryl methyl sites for hydroxylation is 1. The highest BCUT2D eigenvalue weighted by Crippen LogP contribution is 2.24. The van der Waals surface area contributed by atoms with Gasteiger partial charge in [-0.05, 0) is 52.2 Å². The van der Waals surface area contributed by atoms with E-state index in [9.17, 15) is 4.79 Å². The van der Waals surface area contributed by atoms with E-state index in [4.69, 9.17) is 16.0 Å². The molecule has 2 aromatic rings. The number of rotatable bonds is 7. The first-order valence-electron chi connectivity index (χ1n) is 7.59. The number of hydrogen-bond acceptors (Lipinski definition) is 4. The number of carbonyl (C=O) groups excluding carboxylic acids is 1. The third-order valence-corrected chi connectivity index (χ3v) is 3.63. The van der Waals surface area contributed by atoms with Crippen molar-refractivity contribution in [1.29, 1.82) is 0 Å². The summed E-state index contributed by atoms with van der Waals surface area (Å²) in [6.07, 6.45) is 1.14. The molecule has 0 bridgehead atoms. The SMILES string of the molecule is Cc1oc(-c2cccc(Cl)c2)nc1CC(=O)NCCCN(C)C. The Bertz CT molecular complexity index is 668. The van der Waals surface area contributed by atoms with Crippen LogP contribution in [-0.2, 0) is 11.2 Å². The number of oxazole rings is 1. The summed E-state index contributed by atoms with van der Waals surface area (Å²) in [6, 6.07) is 7.30. The van der Waals surface area contributed by atoms with Crippen molar-refractivity contribution in [2.75, 3.05) is 27.2 Å². The standard InChI is InChI=1S/C17H22ClN3O2/c1-12-15(11-16(22)19-8-5-9-21(2)3)20-17(23-12)13-6-4-7-14(18)10-13/h4,6-7,10H,5,8-9,11H2,1-3H3,(H,19,22). The van der Waals surface area contributed by atoms with E-state index in [0.29, 0.717) is 28.9 Å². The van der Waals surface area contributed by atoms with E-state index >= 15 is 0 Å². The highest BCUT2D eigenvalue weighted by atomic mass is 35.5. The quantitative estimate of drug-likeness (QED) is 0.790. The predicted octanol–water partition coefficient (Wildman–Crippen LogP) is 2.91. The highest BCUT2D eigenvalue weighted by Gasteiger charge is 2.14.